The number of carbonyl (C=O) groups is 1. The van der Waals surface area contributed by atoms with E-state index >= 15 is 0 Å². The van der Waals surface area contributed by atoms with Gasteiger partial charge in [0.15, 0.2) is 5.69 Å². The highest BCUT2D eigenvalue weighted by atomic mass is 35.5. The number of amides is 1. The fourth-order valence-electron chi connectivity index (χ4n) is 1.93. The van der Waals surface area contributed by atoms with Gasteiger partial charge in [0.2, 0.25) is 0 Å². The molecule has 1 N–H and O–H groups in total. The van der Waals surface area contributed by atoms with Crippen molar-refractivity contribution in [3.05, 3.63) is 52.8 Å². The first-order valence-electron chi connectivity index (χ1n) is 7.01. The highest BCUT2D eigenvalue weighted by Crippen LogP contribution is 2.27. The molecule has 0 aliphatic heterocycles. The van der Waals surface area contributed by atoms with Crippen LogP contribution in [0.5, 0.6) is 0 Å². The maximum Gasteiger partial charge on any atom is 0.435 e. The number of nitrogens with one attached hydrogen (secondary N) is 1. The molecule has 5 nitrogen and oxygen atoms in total. The zero-order valence-electron chi connectivity index (χ0n) is 12.6. The monoisotopic (exact) mass is 358 g/mol. The Balaban J connectivity index is 2.02. The van der Waals surface area contributed by atoms with Gasteiger partial charge in [-0.05, 0) is 30.2 Å². The molecular formula is C15H14ClF3N4O. The van der Waals surface area contributed by atoms with Crippen LogP contribution < -0.4 is 5.43 Å². The molecule has 0 radical (unpaired) electrons. The summed E-state index contributed by atoms with van der Waals surface area (Å²) in [7, 11) is 0. The second-order valence-electron chi connectivity index (χ2n) is 4.85. The molecule has 0 fully saturated rings. The van der Waals surface area contributed by atoms with Crippen molar-refractivity contribution in [2.75, 3.05) is 0 Å². The highest BCUT2D eigenvalue weighted by molar-refractivity contribution is 6.31. The largest absolute Gasteiger partial charge is 0.435 e. The topological polar surface area (TPSA) is 59.3 Å². The Hall–Kier alpha value is -2.35. The molecule has 1 aromatic carbocycles. The van der Waals surface area contributed by atoms with Crippen LogP contribution in [0.3, 0.4) is 0 Å². The van der Waals surface area contributed by atoms with Gasteiger partial charge in [-0.1, -0.05) is 30.7 Å². The molecule has 2 rings (SSSR count). The van der Waals surface area contributed by atoms with Crippen molar-refractivity contribution in [2.45, 2.75) is 26.1 Å². The van der Waals surface area contributed by atoms with E-state index in [9.17, 15) is 18.0 Å². The number of halogens is 4. The third-order valence-corrected chi connectivity index (χ3v) is 3.28. The maximum atomic E-state index is 12.4. The minimum Gasteiger partial charge on any atom is -0.271 e. The molecule has 1 amide bonds. The first kappa shape index (κ1) is 18.0. The lowest BCUT2D eigenvalue weighted by Gasteiger charge is -2.06. The van der Waals surface area contributed by atoms with Crippen molar-refractivity contribution < 1.29 is 18.0 Å². The molecule has 1 aromatic heterocycles. The van der Waals surface area contributed by atoms with Gasteiger partial charge < -0.3 is 0 Å². The van der Waals surface area contributed by atoms with Crippen LogP contribution in [-0.2, 0) is 17.5 Å². The lowest BCUT2D eigenvalue weighted by molar-refractivity contribution is -0.141. The Morgan fingerprint density at radius 1 is 1.38 bits per heavy atom. The van der Waals surface area contributed by atoms with E-state index in [0.29, 0.717) is 17.2 Å². The summed E-state index contributed by atoms with van der Waals surface area (Å²) in [5.74, 6) is -0.584. The Labute approximate surface area is 141 Å². The van der Waals surface area contributed by atoms with Crippen LogP contribution in [0, 0.1) is 0 Å². The van der Waals surface area contributed by atoms with Crippen LogP contribution in [0.4, 0.5) is 13.2 Å². The van der Waals surface area contributed by atoms with Gasteiger partial charge in [0.1, 0.15) is 6.54 Å². The van der Waals surface area contributed by atoms with Crippen molar-refractivity contribution in [3.63, 3.8) is 0 Å². The van der Waals surface area contributed by atoms with Gasteiger partial charge in [0, 0.05) is 11.2 Å². The van der Waals surface area contributed by atoms with Crippen LogP contribution in [-0.4, -0.2) is 21.4 Å². The van der Waals surface area contributed by atoms with Gasteiger partial charge >= 0.3 is 6.18 Å². The molecule has 0 saturated heterocycles. The van der Waals surface area contributed by atoms with E-state index in [-0.39, 0.29) is 6.54 Å². The first-order chi connectivity index (χ1) is 11.3. The summed E-state index contributed by atoms with van der Waals surface area (Å²) in [5.41, 5.74) is 2.62. The van der Waals surface area contributed by atoms with Crippen LogP contribution in [0.1, 0.15) is 24.6 Å². The van der Waals surface area contributed by atoms with Gasteiger partial charge in [-0.2, -0.15) is 23.4 Å². The fraction of sp³-hybridized carbons (Fsp3) is 0.267. The predicted octanol–water partition coefficient (Wildman–Crippen LogP) is 3.49. The minimum absolute atomic E-state index is 0.369. The molecule has 0 atom stereocenters. The SMILES string of the molecule is CCC(=NNC(=O)Cn1ccc(C(F)(F)F)n1)c1cccc(Cl)c1. The van der Waals surface area contributed by atoms with Gasteiger partial charge in [-0.3, -0.25) is 9.48 Å². The number of hydrazone groups is 1. The quantitative estimate of drug-likeness (QED) is 0.657. The Bertz CT molecular complexity index is 755. The van der Waals surface area contributed by atoms with E-state index in [4.69, 9.17) is 11.6 Å². The Morgan fingerprint density at radius 2 is 2.12 bits per heavy atom. The number of alkyl halides is 3. The third kappa shape index (κ3) is 4.82. The number of hydrogen-bond donors (Lipinski definition) is 1. The Morgan fingerprint density at radius 3 is 2.71 bits per heavy atom. The first-order valence-corrected chi connectivity index (χ1v) is 7.39. The normalized spacial score (nSPS) is 12.3. The Kier molecular flexibility index (Phi) is 5.61. The van der Waals surface area contributed by atoms with Gasteiger partial charge in [0.05, 0.1) is 5.71 Å². The molecular weight excluding hydrogens is 345 g/mol. The summed E-state index contributed by atoms with van der Waals surface area (Å²) in [4.78, 5) is 11.8. The summed E-state index contributed by atoms with van der Waals surface area (Å²) in [6.45, 7) is 1.49. The third-order valence-electron chi connectivity index (χ3n) is 3.04. The summed E-state index contributed by atoms with van der Waals surface area (Å²) in [6.07, 6.45) is -2.91. The maximum absolute atomic E-state index is 12.4. The predicted molar refractivity (Wildman–Crippen MR) is 83.7 cm³/mol. The van der Waals surface area contributed by atoms with Crippen molar-refractivity contribution in [2.24, 2.45) is 5.10 Å². The van der Waals surface area contributed by atoms with Gasteiger partial charge in [0.25, 0.3) is 5.91 Å². The number of aromatic nitrogens is 2. The number of rotatable bonds is 5. The average Bonchev–Trinajstić information content (AvgIpc) is 2.96. The lowest BCUT2D eigenvalue weighted by atomic mass is 10.1. The van der Waals surface area contributed by atoms with Crippen molar-refractivity contribution in [1.29, 1.82) is 0 Å². The zero-order valence-corrected chi connectivity index (χ0v) is 13.4. The van der Waals surface area contributed by atoms with Crippen molar-refractivity contribution >= 4 is 23.2 Å². The zero-order chi connectivity index (χ0) is 17.7. The molecule has 128 valence electrons. The van der Waals surface area contributed by atoms with E-state index in [1.807, 2.05) is 6.92 Å². The molecule has 0 spiro atoms. The van der Waals surface area contributed by atoms with E-state index in [1.165, 1.54) is 0 Å². The van der Waals surface area contributed by atoms with Crippen molar-refractivity contribution in [3.8, 4) is 0 Å². The molecule has 0 bridgehead atoms. The molecule has 9 heteroatoms. The van der Waals surface area contributed by atoms with Gasteiger partial charge in [-0.15, -0.1) is 0 Å². The highest BCUT2D eigenvalue weighted by Gasteiger charge is 2.33. The summed E-state index contributed by atoms with van der Waals surface area (Å²) < 4.78 is 38.3. The van der Waals surface area contributed by atoms with E-state index in [2.05, 4.69) is 15.6 Å². The molecule has 24 heavy (non-hydrogen) atoms. The van der Waals surface area contributed by atoms with Crippen LogP contribution in [0.2, 0.25) is 5.02 Å². The fourth-order valence-corrected chi connectivity index (χ4v) is 2.12. The molecule has 0 aliphatic rings. The van der Waals surface area contributed by atoms with E-state index < -0.39 is 17.8 Å². The summed E-state index contributed by atoms with van der Waals surface area (Å²) in [6, 6.07) is 7.78. The molecule has 0 unspecified atom stereocenters. The second kappa shape index (κ2) is 7.48. The molecule has 0 saturated carbocycles. The molecule has 2 aromatic rings. The summed E-state index contributed by atoms with van der Waals surface area (Å²) >= 11 is 5.91. The second-order valence-corrected chi connectivity index (χ2v) is 5.29. The van der Waals surface area contributed by atoms with Crippen LogP contribution in [0.25, 0.3) is 0 Å². The molecule has 1 heterocycles. The van der Waals surface area contributed by atoms with E-state index in [0.717, 1.165) is 22.5 Å². The number of nitrogens with zero attached hydrogens (tertiary/aromatic N) is 3. The average molecular weight is 359 g/mol. The van der Waals surface area contributed by atoms with Crippen LogP contribution >= 0.6 is 11.6 Å². The minimum atomic E-state index is -4.54. The number of hydrogen-bond acceptors (Lipinski definition) is 3. The number of benzene rings is 1. The smallest absolute Gasteiger partial charge is 0.271 e. The van der Waals surface area contributed by atoms with Crippen LogP contribution in [0.15, 0.2) is 41.6 Å². The van der Waals surface area contributed by atoms with Gasteiger partial charge in [-0.25, -0.2) is 5.43 Å². The number of carbonyl (C=O) groups excluding carboxylic acids is 1. The van der Waals surface area contributed by atoms with E-state index in [1.54, 1.807) is 24.3 Å². The van der Waals surface area contributed by atoms with Crippen molar-refractivity contribution in [1.82, 2.24) is 15.2 Å². The molecule has 0 aliphatic carbocycles. The standard InChI is InChI=1S/C15H14ClF3N4O/c1-2-12(10-4-3-5-11(16)8-10)20-21-14(24)9-23-7-6-13(22-23)15(17,18)19/h3-8H,2,9H2,1H3,(H,21,24). The lowest BCUT2D eigenvalue weighted by Crippen LogP contribution is -2.25. The summed E-state index contributed by atoms with van der Waals surface area (Å²) in [5, 5.41) is 7.84.